The van der Waals surface area contributed by atoms with E-state index < -0.39 is 34.7 Å². The Bertz CT molecular complexity index is 414. The monoisotopic (exact) mass is 202 g/mol. The Morgan fingerprint density at radius 3 is 2.07 bits per heavy atom. The second-order valence-electron chi connectivity index (χ2n) is 2.39. The summed E-state index contributed by atoms with van der Waals surface area (Å²) in [5, 5.41) is 16.8. The summed E-state index contributed by atoms with van der Waals surface area (Å²) in [5.41, 5.74) is -2.13. The third-order valence-corrected chi connectivity index (χ3v) is 1.54. The van der Waals surface area contributed by atoms with E-state index in [4.69, 9.17) is 10.2 Å². The van der Waals surface area contributed by atoms with Gasteiger partial charge in [-0.1, -0.05) is 0 Å². The van der Waals surface area contributed by atoms with Gasteiger partial charge >= 0.3 is 11.9 Å². The number of carboxylic acids is 2. The van der Waals surface area contributed by atoms with Crippen LogP contribution in [0.15, 0.2) is 12.1 Å². The molecular formula is C8H4F2O4. The summed E-state index contributed by atoms with van der Waals surface area (Å²) < 4.78 is 25.8. The minimum Gasteiger partial charge on any atom is -0.478 e. The molecule has 0 radical (unpaired) electrons. The molecular weight excluding hydrogens is 198 g/mol. The lowest BCUT2D eigenvalue weighted by molar-refractivity contribution is 0.0683. The average Bonchev–Trinajstić information content (AvgIpc) is 2.02. The molecule has 0 aliphatic carbocycles. The molecule has 4 nitrogen and oxygen atoms in total. The first-order chi connectivity index (χ1) is 6.45. The van der Waals surface area contributed by atoms with Crippen molar-refractivity contribution in [3.05, 3.63) is 34.9 Å². The van der Waals surface area contributed by atoms with Gasteiger partial charge in [-0.3, -0.25) is 0 Å². The molecule has 6 heteroatoms. The largest absolute Gasteiger partial charge is 0.478 e. The molecule has 0 amide bonds. The Morgan fingerprint density at radius 1 is 1.07 bits per heavy atom. The molecule has 14 heavy (non-hydrogen) atoms. The van der Waals surface area contributed by atoms with Crippen molar-refractivity contribution in [2.75, 3.05) is 0 Å². The van der Waals surface area contributed by atoms with E-state index >= 15 is 0 Å². The summed E-state index contributed by atoms with van der Waals surface area (Å²) >= 11 is 0. The molecule has 0 unspecified atom stereocenters. The van der Waals surface area contributed by atoms with Crippen LogP contribution in [0.25, 0.3) is 0 Å². The Hall–Kier alpha value is -1.98. The minimum absolute atomic E-state index is 0.593. The number of carbonyl (C=O) groups is 2. The van der Waals surface area contributed by atoms with Crippen LogP contribution in [0.3, 0.4) is 0 Å². The third kappa shape index (κ3) is 1.54. The van der Waals surface area contributed by atoms with E-state index in [1.165, 1.54) is 0 Å². The van der Waals surface area contributed by atoms with Crippen LogP contribution in [0, 0.1) is 11.6 Å². The summed E-state index contributed by atoms with van der Waals surface area (Å²) in [7, 11) is 0. The normalized spacial score (nSPS) is 9.86. The quantitative estimate of drug-likeness (QED) is 0.759. The molecule has 0 heterocycles. The van der Waals surface area contributed by atoms with Crippen LogP contribution in [0.5, 0.6) is 0 Å². The molecule has 1 rings (SSSR count). The highest BCUT2D eigenvalue weighted by molar-refractivity contribution is 5.94. The van der Waals surface area contributed by atoms with Crippen molar-refractivity contribution in [1.29, 1.82) is 0 Å². The zero-order valence-corrected chi connectivity index (χ0v) is 6.62. The number of carboxylic acid groups (broad SMARTS) is 2. The van der Waals surface area contributed by atoms with Crippen molar-refractivity contribution in [3.8, 4) is 0 Å². The Morgan fingerprint density at radius 2 is 1.64 bits per heavy atom. The topological polar surface area (TPSA) is 74.6 Å². The van der Waals surface area contributed by atoms with Gasteiger partial charge in [0, 0.05) is 0 Å². The van der Waals surface area contributed by atoms with Gasteiger partial charge in [-0.25, -0.2) is 18.4 Å². The zero-order chi connectivity index (χ0) is 10.9. The van der Waals surface area contributed by atoms with Gasteiger partial charge in [0.15, 0.2) is 5.82 Å². The summed E-state index contributed by atoms with van der Waals surface area (Å²) in [5.74, 6) is -6.38. The fourth-order valence-corrected chi connectivity index (χ4v) is 0.914. The van der Waals surface area contributed by atoms with Crippen molar-refractivity contribution in [1.82, 2.24) is 0 Å². The highest BCUT2D eigenvalue weighted by atomic mass is 19.1. The molecule has 1 aromatic carbocycles. The van der Waals surface area contributed by atoms with Crippen LogP contribution in [-0.2, 0) is 0 Å². The molecule has 1 aromatic rings. The molecule has 0 aliphatic heterocycles. The highest BCUT2D eigenvalue weighted by Crippen LogP contribution is 2.16. The number of halogens is 2. The van der Waals surface area contributed by atoms with Crippen molar-refractivity contribution in [3.63, 3.8) is 0 Å². The molecule has 0 saturated carbocycles. The van der Waals surface area contributed by atoms with Crippen molar-refractivity contribution in [2.45, 2.75) is 0 Å². The maximum Gasteiger partial charge on any atom is 0.341 e. The van der Waals surface area contributed by atoms with E-state index in [0.717, 1.165) is 0 Å². The lowest BCUT2D eigenvalue weighted by Crippen LogP contribution is -2.10. The van der Waals surface area contributed by atoms with Gasteiger partial charge < -0.3 is 10.2 Å². The van der Waals surface area contributed by atoms with Gasteiger partial charge in [-0.05, 0) is 12.1 Å². The minimum atomic E-state index is -1.84. The SMILES string of the molecule is O=C(O)c1ccc(F)c(C(=O)O)c1F. The van der Waals surface area contributed by atoms with E-state index in [0.29, 0.717) is 12.1 Å². The van der Waals surface area contributed by atoms with Gasteiger partial charge in [0.05, 0.1) is 5.56 Å². The van der Waals surface area contributed by atoms with Gasteiger partial charge in [0.2, 0.25) is 0 Å². The fraction of sp³-hybridized carbons (Fsp3) is 0. The van der Waals surface area contributed by atoms with Crippen LogP contribution in [0.2, 0.25) is 0 Å². The highest BCUT2D eigenvalue weighted by Gasteiger charge is 2.22. The van der Waals surface area contributed by atoms with Crippen molar-refractivity contribution < 1.29 is 28.6 Å². The van der Waals surface area contributed by atoms with Crippen LogP contribution in [-0.4, -0.2) is 22.2 Å². The first-order valence-electron chi connectivity index (χ1n) is 3.39. The first kappa shape index (κ1) is 10.1. The molecule has 2 N–H and O–H groups in total. The number of benzene rings is 1. The van der Waals surface area contributed by atoms with Gasteiger partial charge in [-0.2, -0.15) is 0 Å². The number of aromatic carboxylic acids is 2. The second-order valence-corrected chi connectivity index (χ2v) is 2.39. The number of rotatable bonds is 2. The molecule has 74 valence electrons. The molecule has 0 spiro atoms. The molecule has 0 fully saturated rings. The van der Waals surface area contributed by atoms with Gasteiger partial charge in [0.1, 0.15) is 11.4 Å². The molecule has 0 bridgehead atoms. The van der Waals surface area contributed by atoms with Crippen molar-refractivity contribution >= 4 is 11.9 Å². The number of hydrogen-bond acceptors (Lipinski definition) is 2. The zero-order valence-electron chi connectivity index (χ0n) is 6.62. The van der Waals surface area contributed by atoms with E-state index in [-0.39, 0.29) is 0 Å². The molecule has 0 aliphatic rings. The lowest BCUT2D eigenvalue weighted by Gasteiger charge is -2.02. The Balaban J connectivity index is 3.49. The van der Waals surface area contributed by atoms with E-state index in [1.54, 1.807) is 0 Å². The summed E-state index contributed by atoms with van der Waals surface area (Å²) in [6.07, 6.45) is 0. The maximum atomic E-state index is 13.0. The van der Waals surface area contributed by atoms with Crippen molar-refractivity contribution in [2.24, 2.45) is 0 Å². The Kier molecular flexibility index (Phi) is 2.46. The average molecular weight is 202 g/mol. The van der Waals surface area contributed by atoms with E-state index in [9.17, 15) is 18.4 Å². The fourth-order valence-electron chi connectivity index (χ4n) is 0.914. The van der Waals surface area contributed by atoms with Crippen LogP contribution in [0.4, 0.5) is 8.78 Å². The molecule has 0 aromatic heterocycles. The lowest BCUT2D eigenvalue weighted by atomic mass is 10.1. The maximum absolute atomic E-state index is 13.0. The van der Waals surface area contributed by atoms with Crippen LogP contribution >= 0.6 is 0 Å². The number of hydrogen-bond donors (Lipinski definition) is 2. The smallest absolute Gasteiger partial charge is 0.341 e. The second kappa shape index (κ2) is 3.41. The summed E-state index contributed by atoms with van der Waals surface area (Å²) in [6.45, 7) is 0. The standard InChI is InChI=1S/C8H4F2O4/c9-4-2-1-3(7(11)12)6(10)5(4)8(13)14/h1-2H,(H,11,12)(H,13,14). The first-order valence-corrected chi connectivity index (χ1v) is 3.39. The van der Waals surface area contributed by atoms with Crippen LogP contribution < -0.4 is 0 Å². The summed E-state index contributed by atoms with van der Waals surface area (Å²) in [6, 6.07) is 1.26. The van der Waals surface area contributed by atoms with E-state index in [1.807, 2.05) is 0 Å². The van der Waals surface area contributed by atoms with Crippen LogP contribution in [0.1, 0.15) is 20.7 Å². The molecule has 0 saturated heterocycles. The summed E-state index contributed by atoms with van der Waals surface area (Å²) in [4.78, 5) is 20.7. The predicted octanol–water partition coefficient (Wildman–Crippen LogP) is 1.36. The van der Waals surface area contributed by atoms with E-state index in [2.05, 4.69) is 0 Å². The third-order valence-electron chi connectivity index (χ3n) is 1.54. The Labute approximate surface area is 76.4 Å². The van der Waals surface area contributed by atoms with Gasteiger partial charge in [0.25, 0.3) is 0 Å². The van der Waals surface area contributed by atoms with Gasteiger partial charge in [-0.15, -0.1) is 0 Å². The molecule has 0 atom stereocenters. The predicted molar refractivity (Wildman–Crippen MR) is 40.3 cm³/mol.